The number of rotatable bonds is 7. The summed E-state index contributed by atoms with van der Waals surface area (Å²) in [6.45, 7) is 5.53. The van der Waals surface area contributed by atoms with Crippen LogP contribution in [0.15, 0.2) is 30.3 Å². The fraction of sp³-hybridized carbons (Fsp3) is 0.471. The zero-order valence-corrected chi connectivity index (χ0v) is 14.2. The van der Waals surface area contributed by atoms with Crippen LogP contribution in [0.5, 0.6) is 0 Å². The van der Waals surface area contributed by atoms with E-state index in [1.807, 2.05) is 0 Å². The van der Waals surface area contributed by atoms with E-state index in [0.29, 0.717) is 12.0 Å². The zero-order valence-electron chi connectivity index (χ0n) is 14.2. The third kappa shape index (κ3) is 7.62. The van der Waals surface area contributed by atoms with E-state index < -0.39 is 29.6 Å². The lowest BCUT2D eigenvalue weighted by molar-refractivity contribution is -0.139. The summed E-state index contributed by atoms with van der Waals surface area (Å²) in [5.74, 6) is -1.56. The maximum absolute atomic E-state index is 12.0. The van der Waals surface area contributed by atoms with Crippen molar-refractivity contribution in [2.45, 2.75) is 45.3 Å². The summed E-state index contributed by atoms with van der Waals surface area (Å²) in [7, 11) is 0. The van der Waals surface area contributed by atoms with Crippen LogP contribution in [0.3, 0.4) is 0 Å². The van der Waals surface area contributed by atoms with Crippen molar-refractivity contribution in [3.8, 4) is 0 Å². The Kier molecular flexibility index (Phi) is 7.23. The number of carboxylic acid groups (broad SMARTS) is 1. The summed E-state index contributed by atoms with van der Waals surface area (Å²) >= 11 is 0. The van der Waals surface area contributed by atoms with Gasteiger partial charge in [-0.15, -0.1) is 0 Å². The molecule has 1 aromatic carbocycles. The van der Waals surface area contributed by atoms with E-state index >= 15 is 0 Å². The van der Waals surface area contributed by atoms with Crippen molar-refractivity contribution in [2.75, 3.05) is 6.54 Å². The molecule has 0 spiro atoms. The van der Waals surface area contributed by atoms with Gasteiger partial charge >= 0.3 is 12.1 Å². The van der Waals surface area contributed by atoms with Crippen molar-refractivity contribution in [2.24, 2.45) is 0 Å². The maximum Gasteiger partial charge on any atom is 0.407 e. The highest BCUT2D eigenvalue weighted by Gasteiger charge is 2.20. The molecule has 0 aliphatic heterocycles. The lowest BCUT2D eigenvalue weighted by Gasteiger charge is -2.20. The molecule has 0 bridgehead atoms. The maximum atomic E-state index is 12.0. The Hall–Kier alpha value is -2.57. The Labute approximate surface area is 141 Å². The van der Waals surface area contributed by atoms with Crippen molar-refractivity contribution in [3.05, 3.63) is 35.9 Å². The van der Waals surface area contributed by atoms with E-state index in [0.717, 1.165) is 0 Å². The molecule has 1 atom stereocenters. The lowest BCUT2D eigenvalue weighted by Crippen LogP contribution is -2.41. The largest absolute Gasteiger partial charge is 0.480 e. The first-order valence-corrected chi connectivity index (χ1v) is 7.74. The van der Waals surface area contributed by atoms with Gasteiger partial charge in [-0.2, -0.15) is 0 Å². The SMILES string of the molecule is CC(C)(C)OC(=O)NCCC[C@H](NC(=O)c1ccccc1)C(=O)O. The van der Waals surface area contributed by atoms with Gasteiger partial charge in [0.15, 0.2) is 0 Å². The third-order valence-electron chi connectivity index (χ3n) is 2.98. The molecule has 7 heteroatoms. The smallest absolute Gasteiger partial charge is 0.407 e. The average molecular weight is 336 g/mol. The van der Waals surface area contributed by atoms with Crippen LogP contribution in [-0.2, 0) is 9.53 Å². The van der Waals surface area contributed by atoms with Crippen molar-refractivity contribution in [1.29, 1.82) is 0 Å². The molecule has 0 radical (unpaired) electrons. The van der Waals surface area contributed by atoms with Gasteiger partial charge in [0.25, 0.3) is 5.91 Å². The van der Waals surface area contributed by atoms with Gasteiger partial charge in [-0.1, -0.05) is 18.2 Å². The van der Waals surface area contributed by atoms with Gasteiger partial charge in [-0.3, -0.25) is 4.79 Å². The van der Waals surface area contributed by atoms with Gasteiger partial charge in [0.1, 0.15) is 11.6 Å². The molecule has 1 rings (SSSR count). The second kappa shape index (κ2) is 8.90. The highest BCUT2D eigenvalue weighted by molar-refractivity contribution is 5.96. The van der Waals surface area contributed by atoms with E-state index in [-0.39, 0.29) is 13.0 Å². The Bertz CT molecular complexity index is 566. The molecule has 132 valence electrons. The Balaban J connectivity index is 2.40. The highest BCUT2D eigenvalue weighted by atomic mass is 16.6. The molecule has 2 amide bonds. The number of benzene rings is 1. The minimum absolute atomic E-state index is 0.198. The number of ether oxygens (including phenoxy) is 1. The quantitative estimate of drug-likeness (QED) is 0.662. The molecule has 0 aliphatic carbocycles. The van der Waals surface area contributed by atoms with Crippen LogP contribution in [0, 0.1) is 0 Å². The molecule has 3 N–H and O–H groups in total. The number of hydrogen-bond donors (Lipinski definition) is 3. The van der Waals surface area contributed by atoms with Crippen LogP contribution in [0.1, 0.15) is 44.0 Å². The standard InChI is InChI=1S/C17H24N2O5/c1-17(2,3)24-16(23)18-11-7-10-13(15(21)22)19-14(20)12-8-5-4-6-9-12/h4-6,8-9,13H,7,10-11H2,1-3H3,(H,18,23)(H,19,20)(H,21,22)/t13-/m0/s1. The van der Waals surface area contributed by atoms with E-state index in [2.05, 4.69) is 10.6 Å². The average Bonchev–Trinajstić information content (AvgIpc) is 2.49. The summed E-state index contributed by atoms with van der Waals surface area (Å²) < 4.78 is 5.08. The van der Waals surface area contributed by atoms with Crippen molar-refractivity contribution in [3.63, 3.8) is 0 Å². The molecule has 0 heterocycles. The van der Waals surface area contributed by atoms with Crippen LogP contribution in [-0.4, -0.2) is 41.3 Å². The normalized spacial score (nSPS) is 12.1. The molecular formula is C17H24N2O5. The number of alkyl carbamates (subject to hydrolysis) is 1. The first kappa shape index (κ1) is 19.5. The molecule has 0 saturated heterocycles. The molecule has 7 nitrogen and oxygen atoms in total. The minimum Gasteiger partial charge on any atom is -0.480 e. The summed E-state index contributed by atoms with van der Waals surface area (Å²) in [5.41, 5.74) is -0.187. The predicted molar refractivity (Wildman–Crippen MR) is 88.8 cm³/mol. The van der Waals surface area contributed by atoms with Gasteiger partial charge in [0, 0.05) is 12.1 Å². The predicted octanol–water partition coefficient (Wildman–Crippen LogP) is 2.17. The molecule has 0 unspecified atom stereocenters. The zero-order chi connectivity index (χ0) is 18.2. The van der Waals surface area contributed by atoms with Crippen LogP contribution < -0.4 is 10.6 Å². The van der Waals surface area contributed by atoms with Crippen molar-refractivity contribution < 1.29 is 24.2 Å². The molecule has 24 heavy (non-hydrogen) atoms. The van der Waals surface area contributed by atoms with E-state index in [1.165, 1.54) is 0 Å². The molecular weight excluding hydrogens is 312 g/mol. The number of carboxylic acids is 1. The van der Waals surface area contributed by atoms with E-state index in [4.69, 9.17) is 4.74 Å². The molecule has 0 aromatic heterocycles. The van der Waals surface area contributed by atoms with Gasteiger partial charge in [-0.05, 0) is 45.7 Å². The Morgan fingerprint density at radius 3 is 2.33 bits per heavy atom. The second-order valence-corrected chi connectivity index (χ2v) is 6.30. The first-order valence-electron chi connectivity index (χ1n) is 7.74. The van der Waals surface area contributed by atoms with Gasteiger partial charge < -0.3 is 20.5 Å². The fourth-order valence-electron chi connectivity index (χ4n) is 1.90. The molecule has 0 fully saturated rings. The summed E-state index contributed by atoms with van der Waals surface area (Å²) in [5, 5.41) is 14.2. The Morgan fingerprint density at radius 2 is 1.79 bits per heavy atom. The van der Waals surface area contributed by atoms with Crippen molar-refractivity contribution >= 4 is 18.0 Å². The number of hydrogen-bond acceptors (Lipinski definition) is 4. The second-order valence-electron chi connectivity index (χ2n) is 6.30. The fourth-order valence-corrected chi connectivity index (χ4v) is 1.90. The van der Waals surface area contributed by atoms with Crippen LogP contribution >= 0.6 is 0 Å². The summed E-state index contributed by atoms with van der Waals surface area (Å²) in [4.78, 5) is 34.7. The first-order chi connectivity index (χ1) is 11.2. The molecule has 0 aliphatic rings. The number of nitrogens with one attached hydrogen (secondary N) is 2. The van der Waals surface area contributed by atoms with E-state index in [9.17, 15) is 19.5 Å². The number of carbonyl (C=O) groups is 3. The highest BCUT2D eigenvalue weighted by Crippen LogP contribution is 2.07. The number of amides is 2. The number of carbonyl (C=O) groups excluding carboxylic acids is 2. The third-order valence-corrected chi connectivity index (χ3v) is 2.98. The van der Waals surface area contributed by atoms with Crippen LogP contribution in [0.2, 0.25) is 0 Å². The molecule has 0 saturated carbocycles. The van der Waals surface area contributed by atoms with Crippen LogP contribution in [0.4, 0.5) is 4.79 Å². The minimum atomic E-state index is -1.11. The summed E-state index contributed by atoms with van der Waals surface area (Å²) in [6.07, 6.45) is 0.0392. The molecule has 1 aromatic rings. The van der Waals surface area contributed by atoms with E-state index in [1.54, 1.807) is 51.1 Å². The van der Waals surface area contributed by atoms with Gasteiger partial charge in [0.05, 0.1) is 0 Å². The van der Waals surface area contributed by atoms with Crippen molar-refractivity contribution in [1.82, 2.24) is 10.6 Å². The van der Waals surface area contributed by atoms with Gasteiger partial charge in [0.2, 0.25) is 0 Å². The number of aliphatic carboxylic acids is 1. The van der Waals surface area contributed by atoms with Gasteiger partial charge in [-0.25, -0.2) is 9.59 Å². The monoisotopic (exact) mass is 336 g/mol. The Morgan fingerprint density at radius 1 is 1.17 bits per heavy atom. The van der Waals surface area contributed by atoms with Crippen LogP contribution in [0.25, 0.3) is 0 Å². The lowest BCUT2D eigenvalue weighted by atomic mass is 10.1. The summed E-state index contributed by atoms with van der Waals surface area (Å²) in [6, 6.07) is 7.38. The topological polar surface area (TPSA) is 105 Å².